The van der Waals surface area contributed by atoms with Gasteiger partial charge in [0.25, 0.3) is 0 Å². The van der Waals surface area contributed by atoms with Gasteiger partial charge in [0.2, 0.25) is 0 Å². The first-order chi connectivity index (χ1) is 6.99. The molecule has 0 bridgehead atoms. The number of carbonyl (C=O) groups excluding carboxylic acids is 1. The zero-order chi connectivity index (χ0) is 11.6. The molecule has 1 saturated heterocycles. The average molecular weight is 228 g/mol. The molecule has 0 spiro atoms. The summed E-state index contributed by atoms with van der Waals surface area (Å²) in [5.74, 6) is -1.67. The second kappa shape index (κ2) is 6.57. The van der Waals surface area contributed by atoms with E-state index in [2.05, 4.69) is 0 Å². The fraction of sp³-hybridized carbons (Fsp3) is 0.875. The Morgan fingerprint density at radius 3 is 2.31 bits per heavy atom. The smallest absolute Gasteiger partial charge is 0.547 e. The Balaban J connectivity index is 0.00000225. The van der Waals surface area contributed by atoms with Gasteiger partial charge in [0.1, 0.15) is 24.4 Å². The molecule has 8 heteroatoms. The Hall–Kier alpha value is -0.133. The van der Waals surface area contributed by atoms with Gasteiger partial charge in [-0.1, -0.05) is 0 Å². The average Bonchev–Trinajstić information content (AvgIpc) is 2.18. The number of ether oxygens (including phenoxy) is 2. The van der Waals surface area contributed by atoms with Crippen LogP contribution in [0.25, 0.3) is 0 Å². The van der Waals surface area contributed by atoms with E-state index >= 15 is 0 Å². The van der Waals surface area contributed by atoms with Crippen molar-refractivity contribution in [3.05, 3.63) is 0 Å². The molecule has 7 nitrogen and oxygen atoms in total. The molecule has 0 aliphatic carbocycles. The monoisotopic (exact) mass is 228 g/mol. The normalized spacial score (nSPS) is 38.9. The number of carboxylic acid groups (broad SMARTS) is 1. The summed E-state index contributed by atoms with van der Waals surface area (Å²) in [6.45, 7) is 1.78. The van der Waals surface area contributed by atoms with E-state index in [4.69, 9.17) is 9.47 Å². The molecule has 16 heavy (non-hydrogen) atoms. The number of hydrogen-bond acceptors (Lipinski definition) is 7. The number of carbonyl (C=O) groups is 1. The van der Waals surface area contributed by atoms with Crippen molar-refractivity contribution in [3.8, 4) is 0 Å². The van der Waals surface area contributed by atoms with Crippen LogP contribution in [0.4, 0.5) is 0 Å². The first-order valence-corrected chi connectivity index (χ1v) is 4.51. The third-order valence-electron chi connectivity index (χ3n) is 2.13. The summed E-state index contributed by atoms with van der Waals surface area (Å²) in [5, 5.41) is 38.5. The molecule has 0 aromatic rings. The third kappa shape index (κ3) is 3.18. The van der Waals surface area contributed by atoms with Crippen LogP contribution in [0.2, 0.25) is 0 Å². The molecule has 5 atom stereocenters. The van der Waals surface area contributed by atoms with Crippen LogP contribution in [-0.2, 0) is 14.3 Å². The van der Waals surface area contributed by atoms with E-state index in [9.17, 15) is 25.2 Å². The first kappa shape index (κ1) is 15.9. The summed E-state index contributed by atoms with van der Waals surface area (Å²) in [4.78, 5) is 10.5. The second-order valence-corrected chi connectivity index (χ2v) is 3.17. The molecule has 88 valence electrons. The van der Waals surface area contributed by atoms with Gasteiger partial charge in [-0.3, -0.25) is 0 Å². The fourth-order valence-corrected chi connectivity index (χ4v) is 1.34. The topological polar surface area (TPSA) is 119 Å². The van der Waals surface area contributed by atoms with Crippen molar-refractivity contribution in [2.24, 2.45) is 0 Å². The van der Waals surface area contributed by atoms with Crippen LogP contribution >= 0.6 is 0 Å². The molecule has 0 saturated carbocycles. The van der Waals surface area contributed by atoms with E-state index in [1.807, 2.05) is 0 Å². The minimum atomic E-state index is -1.73. The summed E-state index contributed by atoms with van der Waals surface area (Å²) in [6, 6.07) is 0. The van der Waals surface area contributed by atoms with E-state index in [1.165, 1.54) is 0 Å². The van der Waals surface area contributed by atoms with Gasteiger partial charge in [-0.05, 0) is 6.92 Å². The van der Waals surface area contributed by atoms with Crippen molar-refractivity contribution >= 4 is 5.97 Å². The zero-order valence-electron chi connectivity index (χ0n) is 9.07. The number of aliphatic carboxylic acids is 1. The molecule has 1 aliphatic rings. The van der Waals surface area contributed by atoms with Gasteiger partial charge in [0.15, 0.2) is 6.29 Å². The van der Waals surface area contributed by atoms with Crippen molar-refractivity contribution in [1.82, 2.24) is 0 Å². The minimum absolute atomic E-state index is 0. The number of aliphatic hydroxyl groups is 3. The number of carboxylic acids is 1. The van der Waals surface area contributed by atoms with Gasteiger partial charge in [-0.15, -0.1) is 0 Å². The maximum absolute atomic E-state index is 10.5. The number of hydrogen-bond donors (Lipinski definition) is 3. The Morgan fingerprint density at radius 1 is 1.31 bits per heavy atom. The zero-order valence-corrected chi connectivity index (χ0v) is 9.07. The van der Waals surface area contributed by atoms with Crippen LogP contribution in [-0.4, -0.2) is 58.6 Å². The molecular formula is C8H13LiO7. The fourth-order valence-electron chi connectivity index (χ4n) is 1.34. The molecule has 0 aromatic heterocycles. The Labute approximate surface area is 104 Å². The van der Waals surface area contributed by atoms with Gasteiger partial charge in [0, 0.05) is 6.61 Å². The van der Waals surface area contributed by atoms with Gasteiger partial charge in [0.05, 0.1) is 5.97 Å². The summed E-state index contributed by atoms with van der Waals surface area (Å²) < 4.78 is 9.60. The quantitative estimate of drug-likeness (QED) is 0.411. The Morgan fingerprint density at radius 2 is 1.88 bits per heavy atom. The molecule has 0 aromatic carbocycles. The molecule has 1 heterocycles. The first-order valence-electron chi connectivity index (χ1n) is 4.51. The summed E-state index contributed by atoms with van der Waals surface area (Å²) in [7, 11) is 0. The molecule has 3 N–H and O–H groups in total. The van der Waals surface area contributed by atoms with Crippen LogP contribution in [0, 0.1) is 0 Å². The number of aliphatic hydroxyl groups excluding tert-OH is 3. The van der Waals surface area contributed by atoms with Crippen LogP contribution in [0.15, 0.2) is 0 Å². The predicted molar refractivity (Wildman–Crippen MR) is 43.3 cm³/mol. The van der Waals surface area contributed by atoms with Crippen molar-refractivity contribution in [3.63, 3.8) is 0 Å². The third-order valence-corrected chi connectivity index (χ3v) is 2.13. The van der Waals surface area contributed by atoms with Gasteiger partial charge < -0.3 is 34.7 Å². The van der Waals surface area contributed by atoms with Crippen LogP contribution < -0.4 is 24.0 Å². The maximum atomic E-state index is 10.5. The van der Waals surface area contributed by atoms with Crippen molar-refractivity contribution < 1.29 is 53.6 Å². The van der Waals surface area contributed by atoms with E-state index in [-0.39, 0.29) is 25.5 Å². The minimum Gasteiger partial charge on any atom is -0.547 e. The van der Waals surface area contributed by atoms with Crippen molar-refractivity contribution in [2.75, 3.05) is 6.61 Å². The van der Waals surface area contributed by atoms with E-state index in [0.717, 1.165) is 0 Å². The van der Waals surface area contributed by atoms with Crippen LogP contribution in [0.1, 0.15) is 6.92 Å². The SMILES string of the molecule is CCO[C@H]1OC(C(=O)[O-])[C@H](O)[C@H](O)C1O.[Li+]. The van der Waals surface area contributed by atoms with Crippen molar-refractivity contribution in [2.45, 2.75) is 37.6 Å². The molecule has 1 rings (SSSR count). The van der Waals surface area contributed by atoms with Gasteiger partial charge >= 0.3 is 18.9 Å². The van der Waals surface area contributed by atoms with Crippen molar-refractivity contribution in [1.29, 1.82) is 0 Å². The summed E-state index contributed by atoms with van der Waals surface area (Å²) in [5.41, 5.74) is 0. The maximum Gasteiger partial charge on any atom is 1.00 e. The standard InChI is InChI=1S/C8H14O7.Li/c1-2-14-8-5(11)3(9)4(10)6(15-8)7(12)13;/h3-6,8-11H,2H2,1H3,(H,12,13);/q;+1/p-1/t3-,4+,5?,6?,8-;/m0./s1. The molecular weight excluding hydrogens is 215 g/mol. The largest absolute Gasteiger partial charge is 1.00 e. The predicted octanol–water partition coefficient (Wildman–Crippen LogP) is -6.42. The molecule has 0 amide bonds. The van der Waals surface area contributed by atoms with Crippen LogP contribution in [0.3, 0.4) is 0 Å². The van der Waals surface area contributed by atoms with E-state index in [1.54, 1.807) is 6.92 Å². The molecule has 2 unspecified atom stereocenters. The van der Waals surface area contributed by atoms with E-state index in [0.29, 0.717) is 0 Å². The second-order valence-electron chi connectivity index (χ2n) is 3.17. The number of rotatable bonds is 3. The molecule has 1 fully saturated rings. The van der Waals surface area contributed by atoms with Gasteiger partial charge in [-0.2, -0.15) is 0 Å². The van der Waals surface area contributed by atoms with Crippen LogP contribution in [0.5, 0.6) is 0 Å². The molecule has 0 radical (unpaired) electrons. The summed E-state index contributed by atoms with van der Waals surface area (Å²) in [6.07, 6.45) is -7.85. The molecule has 1 aliphatic heterocycles. The Kier molecular flexibility index (Phi) is 6.51. The van der Waals surface area contributed by atoms with E-state index < -0.39 is 36.7 Å². The Bertz CT molecular complexity index is 236. The summed E-state index contributed by atoms with van der Waals surface area (Å²) >= 11 is 0. The van der Waals surface area contributed by atoms with Gasteiger partial charge in [-0.25, -0.2) is 0 Å².